The second-order valence-electron chi connectivity index (χ2n) is 7.06. The molecule has 3 atom stereocenters. The maximum absolute atomic E-state index is 3.83. The molecule has 94 valence electrons. The van der Waals surface area contributed by atoms with Gasteiger partial charge in [-0.15, -0.1) is 0 Å². The zero-order chi connectivity index (χ0) is 11.8. The Balaban J connectivity index is 1.74. The van der Waals surface area contributed by atoms with E-state index in [-0.39, 0.29) is 0 Å². The summed E-state index contributed by atoms with van der Waals surface area (Å²) in [5, 5.41) is 3.83. The van der Waals surface area contributed by atoms with Crippen molar-refractivity contribution in [1.82, 2.24) is 10.2 Å². The molecule has 0 aromatic rings. The lowest BCUT2D eigenvalue weighted by molar-refractivity contribution is 0.213. The second kappa shape index (κ2) is 4.66. The molecule has 2 nitrogen and oxygen atoms in total. The van der Waals surface area contributed by atoms with Crippen LogP contribution in [0.3, 0.4) is 0 Å². The van der Waals surface area contributed by atoms with Crippen molar-refractivity contribution in [2.24, 2.45) is 17.3 Å². The van der Waals surface area contributed by atoms with Crippen molar-refractivity contribution in [3.05, 3.63) is 0 Å². The van der Waals surface area contributed by atoms with Crippen molar-refractivity contribution >= 4 is 0 Å². The highest BCUT2D eigenvalue weighted by Crippen LogP contribution is 2.44. The highest BCUT2D eigenvalue weighted by molar-refractivity contribution is 4.94. The van der Waals surface area contributed by atoms with Gasteiger partial charge in [-0.2, -0.15) is 0 Å². The van der Waals surface area contributed by atoms with Crippen LogP contribution in [0.5, 0.6) is 0 Å². The molecule has 1 N–H and O–H groups in total. The van der Waals surface area contributed by atoms with Crippen molar-refractivity contribution in [3.8, 4) is 0 Å². The third kappa shape index (κ3) is 2.98. The maximum Gasteiger partial charge on any atom is 0.00983 e. The molecule has 0 unspecified atom stereocenters. The van der Waals surface area contributed by atoms with Crippen LogP contribution in [-0.4, -0.2) is 38.1 Å². The van der Waals surface area contributed by atoms with E-state index < -0.39 is 0 Å². The van der Waals surface area contributed by atoms with E-state index >= 15 is 0 Å². The van der Waals surface area contributed by atoms with E-state index in [1.165, 1.54) is 38.8 Å². The summed E-state index contributed by atoms with van der Waals surface area (Å²) < 4.78 is 0. The first-order chi connectivity index (χ1) is 7.46. The monoisotopic (exact) mass is 224 g/mol. The minimum Gasteiger partial charge on any atom is -0.313 e. The van der Waals surface area contributed by atoms with Crippen molar-refractivity contribution in [2.75, 3.05) is 27.2 Å². The van der Waals surface area contributed by atoms with Gasteiger partial charge in [0.1, 0.15) is 0 Å². The average molecular weight is 224 g/mol. The summed E-state index contributed by atoms with van der Waals surface area (Å²) >= 11 is 0. The van der Waals surface area contributed by atoms with Crippen LogP contribution < -0.4 is 5.32 Å². The number of rotatable bonds is 5. The molecule has 2 rings (SSSR count). The largest absolute Gasteiger partial charge is 0.313 e. The molecule has 0 aliphatic heterocycles. The summed E-state index contributed by atoms with van der Waals surface area (Å²) in [4.78, 5) is 2.29. The molecule has 2 heteroatoms. The minimum absolute atomic E-state index is 0.394. The van der Waals surface area contributed by atoms with E-state index in [0.29, 0.717) is 5.41 Å². The maximum atomic E-state index is 3.83. The summed E-state index contributed by atoms with van der Waals surface area (Å²) in [6.07, 6.45) is 5.94. The van der Waals surface area contributed by atoms with Gasteiger partial charge in [0.2, 0.25) is 0 Å². The molecular weight excluding hydrogens is 196 g/mol. The summed E-state index contributed by atoms with van der Waals surface area (Å²) in [5.74, 6) is 2.06. The van der Waals surface area contributed by atoms with E-state index in [9.17, 15) is 0 Å². The molecule has 2 aliphatic carbocycles. The summed E-state index contributed by atoms with van der Waals surface area (Å²) in [7, 11) is 4.33. The van der Waals surface area contributed by atoms with Crippen LogP contribution >= 0.6 is 0 Å². The van der Waals surface area contributed by atoms with E-state index in [1.54, 1.807) is 0 Å². The summed E-state index contributed by atoms with van der Waals surface area (Å²) in [6.45, 7) is 7.07. The Labute approximate surface area is 101 Å². The van der Waals surface area contributed by atoms with Crippen LogP contribution in [0.25, 0.3) is 0 Å². The van der Waals surface area contributed by atoms with Crippen molar-refractivity contribution in [1.29, 1.82) is 0 Å². The first-order valence-electron chi connectivity index (χ1n) is 6.84. The smallest absolute Gasteiger partial charge is 0.00983 e. The fourth-order valence-electron chi connectivity index (χ4n) is 3.81. The van der Waals surface area contributed by atoms with Crippen LogP contribution in [0.1, 0.15) is 39.5 Å². The summed E-state index contributed by atoms with van der Waals surface area (Å²) in [6, 6.07) is 0.834. The number of fused-ring (bicyclic) bond motifs is 2. The minimum atomic E-state index is 0.394. The number of hydrogen-bond donors (Lipinski definition) is 1. The van der Waals surface area contributed by atoms with Crippen LogP contribution in [0.2, 0.25) is 0 Å². The van der Waals surface area contributed by atoms with Gasteiger partial charge in [0.05, 0.1) is 0 Å². The normalized spacial score (nSPS) is 33.9. The lowest BCUT2D eigenvalue weighted by Gasteiger charge is -2.32. The van der Waals surface area contributed by atoms with Gasteiger partial charge in [-0.25, -0.2) is 0 Å². The Kier molecular flexibility index (Phi) is 3.60. The zero-order valence-corrected chi connectivity index (χ0v) is 11.4. The standard InChI is InChI=1S/C14H28N2/c1-14(2,10-16(3)4)9-15-13-8-11-5-6-12(13)7-11/h11-13,15H,5-10H2,1-4H3/t11-,12+,13+/m0/s1. The third-order valence-electron chi connectivity index (χ3n) is 4.33. The first-order valence-corrected chi connectivity index (χ1v) is 6.84. The molecule has 0 saturated heterocycles. The fraction of sp³-hybridized carbons (Fsp3) is 1.00. The van der Waals surface area contributed by atoms with Crippen LogP contribution in [-0.2, 0) is 0 Å². The van der Waals surface area contributed by atoms with Gasteiger partial charge in [0, 0.05) is 19.1 Å². The second-order valence-corrected chi connectivity index (χ2v) is 7.06. The van der Waals surface area contributed by atoms with Gasteiger partial charge >= 0.3 is 0 Å². The third-order valence-corrected chi connectivity index (χ3v) is 4.33. The van der Waals surface area contributed by atoms with Gasteiger partial charge in [0.15, 0.2) is 0 Å². The number of hydrogen-bond acceptors (Lipinski definition) is 2. The van der Waals surface area contributed by atoms with Gasteiger partial charge < -0.3 is 10.2 Å². The van der Waals surface area contributed by atoms with E-state index in [0.717, 1.165) is 17.9 Å². The highest BCUT2D eigenvalue weighted by atomic mass is 15.1. The Bertz CT molecular complexity index is 235. The van der Waals surface area contributed by atoms with E-state index in [4.69, 9.17) is 0 Å². The lowest BCUT2D eigenvalue weighted by atomic mass is 9.90. The molecule has 2 aliphatic rings. The highest BCUT2D eigenvalue weighted by Gasteiger charge is 2.39. The van der Waals surface area contributed by atoms with Crippen LogP contribution in [0.4, 0.5) is 0 Å². The topological polar surface area (TPSA) is 15.3 Å². The zero-order valence-electron chi connectivity index (χ0n) is 11.4. The van der Waals surface area contributed by atoms with Crippen molar-refractivity contribution in [3.63, 3.8) is 0 Å². The Hall–Kier alpha value is -0.0800. The molecule has 0 aromatic heterocycles. The molecule has 0 aromatic carbocycles. The Morgan fingerprint density at radius 2 is 1.94 bits per heavy atom. The molecule has 2 fully saturated rings. The Morgan fingerprint density at radius 3 is 2.44 bits per heavy atom. The first kappa shape index (κ1) is 12.4. The number of nitrogens with one attached hydrogen (secondary N) is 1. The lowest BCUT2D eigenvalue weighted by Crippen LogP contribution is -2.43. The summed E-state index contributed by atoms with van der Waals surface area (Å²) in [5.41, 5.74) is 0.394. The molecule has 0 spiro atoms. The average Bonchev–Trinajstić information content (AvgIpc) is 2.73. The number of nitrogens with zero attached hydrogens (tertiary/aromatic N) is 1. The molecular formula is C14H28N2. The predicted molar refractivity (Wildman–Crippen MR) is 69.6 cm³/mol. The quantitative estimate of drug-likeness (QED) is 0.771. The Morgan fingerprint density at radius 1 is 1.19 bits per heavy atom. The van der Waals surface area contributed by atoms with Crippen LogP contribution in [0.15, 0.2) is 0 Å². The van der Waals surface area contributed by atoms with Crippen molar-refractivity contribution in [2.45, 2.75) is 45.6 Å². The van der Waals surface area contributed by atoms with Gasteiger partial charge in [-0.3, -0.25) is 0 Å². The molecule has 16 heavy (non-hydrogen) atoms. The molecule has 0 amide bonds. The van der Waals surface area contributed by atoms with E-state index in [2.05, 4.69) is 38.2 Å². The molecule has 0 heterocycles. The predicted octanol–water partition coefficient (Wildman–Crippen LogP) is 2.35. The molecule has 2 bridgehead atoms. The van der Waals surface area contributed by atoms with E-state index in [1.807, 2.05) is 0 Å². The molecule has 2 saturated carbocycles. The van der Waals surface area contributed by atoms with Gasteiger partial charge in [-0.1, -0.05) is 20.3 Å². The van der Waals surface area contributed by atoms with Gasteiger partial charge in [0.25, 0.3) is 0 Å². The molecule has 0 radical (unpaired) electrons. The van der Waals surface area contributed by atoms with Gasteiger partial charge in [-0.05, 0) is 50.6 Å². The SMILES string of the molecule is CN(C)CC(C)(C)CN[C@@H]1C[C@H]2CC[C@@H]1C2. The van der Waals surface area contributed by atoms with Crippen molar-refractivity contribution < 1.29 is 0 Å². The fourth-order valence-corrected chi connectivity index (χ4v) is 3.81. The van der Waals surface area contributed by atoms with Crippen LogP contribution in [0, 0.1) is 17.3 Å².